The lowest BCUT2D eigenvalue weighted by atomic mass is 10.1. The number of Topliss-reactive ketones (excluding diaryl/α,β-unsaturated/α-hetero) is 2. The van der Waals surface area contributed by atoms with Gasteiger partial charge in [0.15, 0.2) is 0 Å². The Bertz CT molecular complexity index is 1340. The van der Waals surface area contributed by atoms with Gasteiger partial charge in [-0.2, -0.15) is 16.8 Å². The summed E-state index contributed by atoms with van der Waals surface area (Å²) in [5, 5.41) is 5.24. The van der Waals surface area contributed by atoms with E-state index in [2.05, 4.69) is 10.6 Å². The van der Waals surface area contributed by atoms with E-state index >= 15 is 0 Å². The molecule has 0 amide bonds. The number of nitrogens with one attached hydrogen (secondary N) is 2. The van der Waals surface area contributed by atoms with Crippen LogP contribution in [0.25, 0.3) is 0 Å². The lowest BCUT2D eigenvalue weighted by molar-refractivity contribution is 0.101. The molecule has 0 bridgehead atoms. The van der Waals surface area contributed by atoms with E-state index in [4.69, 9.17) is 4.55 Å². The molecule has 0 spiro atoms. The van der Waals surface area contributed by atoms with Gasteiger partial charge in [-0.05, 0) is 30.3 Å². The van der Waals surface area contributed by atoms with E-state index in [9.17, 15) is 31.0 Å². The highest BCUT2D eigenvalue weighted by Gasteiger charge is 2.37. The number of ketones is 2. The van der Waals surface area contributed by atoms with Gasteiger partial charge in [-0.3, -0.25) is 18.7 Å². The second-order valence-corrected chi connectivity index (χ2v) is 8.81. The van der Waals surface area contributed by atoms with E-state index in [0.29, 0.717) is 0 Å². The Balaban J connectivity index is 1.84. The van der Waals surface area contributed by atoms with Crippen LogP contribution < -0.4 is 10.6 Å². The first-order valence-electron chi connectivity index (χ1n) is 7.58. The summed E-state index contributed by atoms with van der Waals surface area (Å²) < 4.78 is 64.1. The van der Waals surface area contributed by atoms with Gasteiger partial charge in [-0.15, -0.1) is 0 Å². The third kappa shape index (κ3) is 2.70. The number of allylic oxidation sites excluding steroid dienone is 2. The van der Waals surface area contributed by atoms with E-state index in [1.165, 1.54) is 18.2 Å². The van der Waals surface area contributed by atoms with E-state index in [1.807, 2.05) is 0 Å². The van der Waals surface area contributed by atoms with Gasteiger partial charge >= 0.3 is 0 Å². The number of hydrogen-bond donors (Lipinski definition) is 4. The zero-order valence-electron chi connectivity index (χ0n) is 13.6. The molecule has 0 radical (unpaired) electrons. The van der Waals surface area contributed by atoms with Gasteiger partial charge in [-0.1, -0.05) is 6.07 Å². The number of benzene rings is 2. The fourth-order valence-electron chi connectivity index (χ4n) is 3.04. The molecule has 4 N–H and O–H groups in total. The lowest BCUT2D eigenvalue weighted by Crippen LogP contribution is -2.13. The molecule has 0 saturated heterocycles. The molecular weight excluding hydrogens is 412 g/mol. The Morgan fingerprint density at radius 3 is 2.04 bits per heavy atom. The summed E-state index contributed by atoms with van der Waals surface area (Å²) in [5.41, 5.74) is -0.562. The molecule has 0 fully saturated rings. The van der Waals surface area contributed by atoms with Crippen molar-refractivity contribution in [3.05, 3.63) is 58.9 Å². The van der Waals surface area contributed by atoms with E-state index in [0.717, 1.165) is 18.2 Å². The van der Waals surface area contributed by atoms with Crippen molar-refractivity contribution in [3.63, 3.8) is 0 Å². The number of anilines is 2. The van der Waals surface area contributed by atoms with E-state index in [-0.39, 0.29) is 33.9 Å². The molecule has 12 heteroatoms. The molecule has 144 valence electrons. The zero-order valence-corrected chi connectivity index (χ0v) is 15.3. The number of rotatable bonds is 2. The third-order valence-corrected chi connectivity index (χ3v) is 6.04. The van der Waals surface area contributed by atoms with Gasteiger partial charge in [0, 0.05) is 11.1 Å². The van der Waals surface area contributed by atoms with E-state index < -0.39 is 41.6 Å². The Morgan fingerprint density at radius 1 is 0.750 bits per heavy atom. The maximum atomic E-state index is 12.7. The molecule has 0 saturated carbocycles. The van der Waals surface area contributed by atoms with Crippen LogP contribution in [0, 0.1) is 0 Å². The van der Waals surface area contributed by atoms with Crippen LogP contribution in [0.4, 0.5) is 11.4 Å². The van der Waals surface area contributed by atoms with Crippen LogP contribution in [0.15, 0.2) is 57.6 Å². The molecule has 2 aromatic carbocycles. The lowest BCUT2D eigenvalue weighted by Gasteiger charge is -2.06. The molecule has 2 heterocycles. The second-order valence-electron chi connectivity index (χ2n) is 5.99. The maximum Gasteiger partial charge on any atom is 0.296 e. The zero-order chi connectivity index (χ0) is 20.4. The first-order valence-corrected chi connectivity index (χ1v) is 10.5. The largest absolute Gasteiger partial charge is 0.350 e. The van der Waals surface area contributed by atoms with Gasteiger partial charge in [0.25, 0.3) is 20.2 Å². The quantitative estimate of drug-likeness (QED) is 0.409. The van der Waals surface area contributed by atoms with Gasteiger partial charge in [0.1, 0.15) is 16.3 Å². The fraction of sp³-hybridized carbons (Fsp3) is 0. The average Bonchev–Trinajstić information content (AvgIpc) is 3.10. The summed E-state index contributed by atoms with van der Waals surface area (Å²) in [4.78, 5) is 24.3. The Kier molecular flexibility index (Phi) is 3.74. The predicted octanol–water partition coefficient (Wildman–Crippen LogP) is 1.31. The van der Waals surface area contributed by atoms with Crippen LogP contribution >= 0.6 is 0 Å². The topological polar surface area (TPSA) is 167 Å². The highest BCUT2D eigenvalue weighted by atomic mass is 32.2. The number of carbonyl (C=O) groups excluding carboxylic acids is 2. The van der Waals surface area contributed by atoms with E-state index in [1.54, 1.807) is 0 Å². The standard InChI is InChI=1S/C16H10N2O8S2/c19-15-8-2-1-3-11(28(24,25)26)12(8)18-14(15)13-16(20)9-6-7(27(21,22)23)4-5-10(9)17-13/h1-6,17-18H,(H,21,22,23)(H,24,25,26). The third-order valence-electron chi connectivity index (χ3n) is 4.30. The molecule has 2 aliphatic rings. The fourth-order valence-corrected chi connectivity index (χ4v) is 4.22. The van der Waals surface area contributed by atoms with Crippen LogP contribution in [0.3, 0.4) is 0 Å². The first kappa shape index (κ1) is 18.3. The summed E-state index contributed by atoms with van der Waals surface area (Å²) in [6, 6.07) is 6.99. The normalized spacial score (nSPS) is 18.5. The van der Waals surface area contributed by atoms with Gasteiger partial charge in [0.2, 0.25) is 11.6 Å². The molecule has 4 rings (SSSR count). The SMILES string of the molecule is O=C1C(=C2Nc3c(cccc3S(=O)(=O)O)C2=O)Nc2ccc(S(=O)(=O)O)cc21. The number of hydrogen-bond acceptors (Lipinski definition) is 8. The van der Waals surface area contributed by atoms with Crippen molar-refractivity contribution in [2.45, 2.75) is 9.79 Å². The minimum atomic E-state index is -4.62. The van der Waals surface area contributed by atoms with Crippen LogP contribution in [0.2, 0.25) is 0 Å². The first-order chi connectivity index (χ1) is 13.0. The van der Waals surface area contributed by atoms with Gasteiger partial charge < -0.3 is 10.6 Å². The molecule has 0 aliphatic carbocycles. The van der Waals surface area contributed by atoms with Crippen LogP contribution in [-0.4, -0.2) is 37.5 Å². The number of fused-ring (bicyclic) bond motifs is 2. The summed E-state index contributed by atoms with van der Waals surface area (Å²) in [6.07, 6.45) is 0. The van der Waals surface area contributed by atoms with Gasteiger partial charge in [-0.25, -0.2) is 0 Å². The molecule has 0 aromatic heterocycles. The predicted molar refractivity (Wildman–Crippen MR) is 95.4 cm³/mol. The minimum Gasteiger partial charge on any atom is -0.350 e. The average molecular weight is 422 g/mol. The Morgan fingerprint density at radius 2 is 1.39 bits per heavy atom. The van der Waals surface area contributed by atoms with Crippen LogP contribution in [-0.2, 0) is 20.2 Å². The van der Waals surface area contributed by atoms with Crippen molar-refractivity contribution >= 4 is 43.2 Å². The highest BCUT2D eigenvalue weighted by molar-refractivity contribution is 7.86. The van der Waals surface area contributed by atoms with Crippen molar-refractivity contribution in [2.75, 3.05) is 10.6 Å². The van der Waals surface area contributed by atoms with Crippen molar-refractivity contribution in [2.24, 2.45) is 0 Å². The second kappa shape index (κ2) is 5.72. The van der Waals surface area contributed by atoms with Crippen LogP contribution in [0.1, 0.15) is 20.7 Å². The molecule has 0 atom stereocenters. The molecule has 2 aromatic rings. The Hall–Kier alpha value is -3.06. The number of carbonyl (C=O) groups is 2. The van der Waals surface area contributed by atoms with Gasteiger partial charge in [0.05, 0.1) is 16.3 Å². The summed E-state index contributed by atoms with van der Waals surface area (Å²) in [5.74, 6) is -1.41. The summed E-state index contributed by atoms with van der Waals surface area (Å²) in [7, 11) is -9.16. The minimum absolute atomic E-state index is 0.0539. The van der Waals surface area contributed by atoms with Crippen LogP contribution in [0.5, 0.6) is 0 Å². The summed E-state index contributed by atoms with van der Waals surface area (Å²) in [6.45, 7) is 0. The monoisotopic (exact) mass is 422 g/mol. The van der Waals surface area contributed by atoms with Crippen molar-refractivity contribution < 1.29 is 35.5 Å². The van der Waals surface area contributed by atoms with Crippen molar-refractivity contribution in [1.29, 1.82) is 0 Å². The summed E-state index contributed by atoms with van der Waals surface area (Å²) >= 11 is 0. The molecule has 2 aliphatic heterocycles. The van der Waals surface area contributed by atoms with Crippen molar-refractivity contribution in [3.8, 4) is 0 Å². The molecule has 28 heavy (non-hydrogen) atoms. The highest BCUT2D eigenvalue weighted by Crippen LogP contribution is 2.38. The van der Waals surface area contributed by atoms with Crippen molar-refractivity contribution in [1.82, 2.24) is 0 Å². The number of para-hydroxylation sites is 1. The molecular formula is C16H10N2O8S2. The molecule has 0 unspecified atom stereocenters. The Labute approximate surface area is 158 Å². The smallest absolute Gasteiger partial charge is 0.296 e. The maximum absolute atomic E-state index is 12.7. The molecule has 10 nitrogen and oxygen atoms in total.